The minimum absolute atomic E-state index is 0.0375. The van der Waals surface area contributed by atoms with Gasteiger partial charge in [0, 0.05) is 44.8 Å². The number of carbonyl (C=O) groups is 2. The van der Waals surface area contributed by atoms with Crippen molar-refractivity contribution in [1.82, 2.24) is 24.8 Å². The van der Waals surface area contributed by atoms with E-state index in [-0.39, 0.29) is 11.3 Å². The first-order valence-corrected chi connectivity index (χ1v) is 10.3. The van der Waals surface area contributed by atoms with Crippen LogP contribution in [0.1, 0.15) is 28.7 Å². The van der Waals surface area contributed by atoms with E-state index in [0.717, 1.165) is 13.1 Å². The summed E-state index contributed by atoms with van der Waals surface area (Å²) in [5.41, 5.74) is 1.58. The van der Waals surface area contributed by atoms with Crippen LogP contribution in [0.3, 0.4) is 0 Å². The average molecular weight is 423 g/mol. The molecule has 9 nitrogen and oxygen atoms in total. The number of hydrogen-bond acceptors (Lipinski definition) is 8. The second-order valence-corrected chi connectivity index (χ2v) is 7.65. The number of amides is 1. The Balaban J connectivity index is 1.74. The molecule has 0 spiro atoms. The van der Waals surface area contributed by atoms with Crippen molar-refractivity contribution in [3.8, 4) is 0 Å². The van der Waals surface area contributed by atoms with E-state index in [4.69, 9.17) is 4.74 Å². The van der Waals surface area contributed by atoms with E-state index >= 15 is 0 Å². The molecule has 0 saturated carbocycles. The van der Waals surface area contributed by atoms with Crippen molar-refractivity contribution in [2.24, 2.45) is 0 Å². The van der Waals surface area contributed by atoms with Crippen LogP contribution < -0.4 is 0 Å². The summed E-state index contributed by atoms with van der Waals surface area (Å²) < 4.78 is 5.38. The molecule has 162 valence electrons. The van der Waals surface area contributed by atoms with Gasteiger partial charge in [-0.2, -0.15) is 0 Å². The van der Waals surface area contributed by atoms with Gasteiger partial charge in [0.2, 0.25) is 0 Å². The molecule has 0 unspecified atom stereocenters. The normalized spacial score (nSPS) is 21.6. The number of aliphatic hydroxyl groups excluding tert-OH is 1. The zero-order chi connectivity index (χ0) is 22.0. The van der Waals surface area contributed by atoms with Gasteiger partial charge >= 0.3 is 0 Å². The summed E-state index contributed by atoms with van der Waals surface area (Å²) in [5, 5.41) is 11.1. The molecule has 2 saturated heterocycles. The van der Waals surface area contributed by atoms with Crippen molar-refractivity contribution in [2.45, 2.75) is 19.9 Å². The van der Waals surface area contributed by atoms with Gasteiger partial charge in [-0.15, -0.1) is 0 Å². The SMILES string of the molecule is Cc1ncc(/C(O)=C2\C(=O)C(=O)N(CCN3CCOCC3)[C@@H]2c2cccnc2)c(C)n1. The lowest BCUT2D eigenvalue weighted by Gasteiger charge is -2.30. The molecule has 1 atom stereocenters. The van der Waals surface area contributed by atoms with Crippen LogP contribution in [0.25, 0.3) is 5.76 Å². The molecule has 0 radical (unpaired) electrons. The quantitative estimate of drug-likeness (QED) is 0.435. The minimum atomic E-state index is -0.726. The van der Waals surface area contributed by atoms with E-state index in [2.05, 4.69) is 19.9 Å². The van der Waals surface area contributed by atoms with Crippen LogP contribution in [0, 0.1) is 13.8 Å². The number of carbonyl (C=O) groups excluding carboxylic acids is 2. The number of likely N-dealkylation sites (tertiary alicyclic amines) is 1. The van der Waals surface area contributed by atoms with Crippen LogP contribution in [-0.2, 0) is 14.3 Å². The van der Waals surface area contributed by atoms with Gasteiger partial charge in [0.05, 0.1) is 36.1 Å². The highest BCUT2D eigenvalue weighted by atomic mass is 16.5. The summed E-state index contributed by atoms with van der Waals surface area (Å²) in [6.07, 6.45) is 4.72. The van der Waals surface area contributed by atoms with Crippen LogP contribution in [0.5, 0.6) is 0 Å². The lowest BCUT2D eigenvalue weighted by atomic mass is 9.96. The summed E-state index contributed by atoms with van der Waals surface area (Å²) in [5.74, 6) is -1.05. The van der Waals surface area contributed by atoms with Crippen LogP contribution >= 0.6 is 0 Å². The Kier molecular flexibility index (Phi) is 6.06. The van der Waals surface area contributed by atoms with E-state index in [1.807, 2.05) is 0 Å². The molecule has 9 heteroatoms. The first-order chi connectivity index (χ1) is 15.0. The van der Waals surface area contributed by atoms with Crippen molar-refractivity contribution in [3.05, 3.63) is 58.9 Å². The average Bonchev–Trinajstić information content (AvgIpc) is 3.03. The van der Waals surface area contributed by atoms with Crippen molar-refractivity contribution < 1.29 is 19.4 Å². The van der Waals surface area contributed by atoms with E-state index in [0.29, 0.717) is 48.9 Å². The Morgan fingerprint density at radius 1 is 1.19 bits per heavy atom. The first-order valence-electron chi connectivity index (χ1n) is 10.3. The number of aryl methyl sites for hydroxylation is 2. The van der Waals surface area contributed by atoms with Crippen LogP contribution in [0.4, 0.5) is 0 Å². The largest absolute Gasteiger partial charge is 0.507 e. The topological polar surface area (TPSA) is 109 Å². The van der Waals surface area contributed by atoms with Gasteiger partial charge in [-0.3, -0.25) is 19.5 Å². The Labute approximate surface area is 180 Å². The minimum Gasteiger partial charge on any atom is -0.507 e. The standard InChI is InChI=1S/C22H25N5O4/c1-14-17(13-24-15(2)25-14)20(28)18-19(16-4-3-5-23-12-16)27(22(30)21(18)29)7-6-26-8-10-31-11-9-26/h3-5,12-13,19,28H,6-11H2,1-2H3/b20-18+/t19-/m1/s1. The Bertz CT molecular complexity index is 1020. The first kappa shape index (κ1) is 21.1. The summed E-state index contributed by atoms with van der Waals surface area (Å²) in [6, 6.07) is 2.82. The number of rotatable bonds is 5. The predicted octanol–water partition coefficient (Wildman–Crippen LogP) is 1.24. The Morgan fingerprint density at radius 3 is 2.65 bits per heavy atom. The molecule has 1 N–H and O–H groups in total. The van der Waals surface area contributed by atoms with Gasteiger partial charge in [0.15, 0.2) is 0 Å². The van der Waals surface area contributed by atoms with Gasteiger partial charge in [-0.25, -0.2) is 9.97 Å². The lowest BCUT2D eigenvalue weighted by molar-refractivity contribution is -0.140. The fourth-order valence-corrected chi connectivity index (χ4v) is 4.03. The number of hydrogen-bond donors (Lipinski definition) is 1. The van der Waals surface area contributed by atoms with Gasteiger partial charge in [-0.1, -0.05) is 6.07 Å². The lowest BCUT2D eigenvalue weighted by Crippen LogP contribution is -2.42. The zero-order valence-corrected chi connectivity index (χ0v) is 17.6. The molecule has 1 amide bonds. The van der Waals surface area contributed by atoms with Crippen molar-refractivity contribution in [3.63, 3.8) is 0 Å². The van der Waals surface area contributed by atoms with E-state index in [1.165, 1.54) is 11.1 Å². The molecule has 4 heterocycles. The molecular formula is C22H25N5O4. The third-order valence-electron chi connectivity index (χ3n) is 5.66. The third-order valence-corrected chi connectivity index (χ3v) is 5.66. The maximum atomic E-state index is 13.0. The number of pyridine rings is 1. The molecule has 2 aromatic heterocycles. The van der Waals surface area contributed by atoms with Gasteiger partial charge in [0.25, 0.3) is 11.7 Å². The fourth-order valence-electron chi connectivity index (χ4n) is 4.03. The summed E-state index contributed by atoms with van der Waals surface area (Å²) in [6.45, 7) is 7.30. The third kappa shape index (κ3) is 4.19. The number of morpholine rings is 1. The summed E-state index contributed by atoms with van der Waals surface area (Å²) >= 11 is 0. The monoisotopic (exact) mass is 423 g/mol. The molecule has 31 heavy (non-hydrogen) atoms. The molecule has 2 aliphatic rings. The maximum Gasteiger partial charge on any atom is 0.295 e. The van der Waals surface area contributed by atoms with Crippen LogP contribution in [0.2, 0.25) is 0 Å². The predicted molar refractivity (Wildman–Crippen MR) is 112 cm³/mol. The van der Waals surface area contributed by atoms with Gasteiger partial charge < -0.3 is 14.7 Å². The van der Waals surface area contributed by atoms with Gasteiger partial charge in [-0.05, 0) is 25.5 Å². The maximum absolute atomic E-state index is 13.0. The zero-order valence-electron chi connectivity index (χ0n) is 17.6. The van der Waals surface area contributed by atoms with E-state index in [9.17, 15) is 14.7 Å². The number of ether oxygens (including phenoxy) is 1. The van der Waals surface area contributed by atoms with Crippen molar-refractivity contribution in [2.75, 3.05) is 39.4 Å². The molecule has 2 aromatic rings. The Hall–Kier alpha value is -3.17. The van der Waals surface area contributed by atoms with E-state index in [1.54, 1.807) is 38.4 Å². The molecule has 2 aliphatic heterocycles. The number of aromatic nitrogens is 3. The van der Waals surface area contributed by atoms with Crippen molar-refractivity contribution in [1.29, 1.82) is 0 Å². The Morgan fingerprint density at radius 2 is 1.97 bits per heavy atom. The van der Waals surface area contributed by atoms with Crippen molar-refractivity contribution >= 4 is 17.4 Å². The highest BCUT2D eigenvalue weighted by Crippen LogP contribution is 2.39. The molecule has 4 rings (SSSR count). The number of aliphatic hydroxyl groups is 1. The molecule has 0 aliphatic carbocycles. The molecule has 0 bridgehead atoms. The fraction of sp³-hybridized carbons (Fsp3) is 0.409. The summed E-state index contributed by atoms with van der Waals surface area (Å²) in [4.78, 5) is 42.3. The van der Waals surface area contributed by atoms with Crippen LogP contribution in [-0.4, -0.2) is 80.9 Å². The molecule has 2 fully saturated rings. The van der Waals surface area contributed by atoms with E-state index < -0.39 is 17.7 Å². The highest BCUT2D eigenvalue weighted by Gasteiger charge is 2.46. The number of ketones is 1. The smallest absolute Gasteiger partial charge is 0.295 e. The number of nitrogens with zero attached hydrogens (tertiary/aromatic N) is 5. The number of Topliss-reactive ketones (excluding diaryl/α,β-unsaturated/α-hetero) is 1. The summed E-state index contributed by atoms with van der Waals surface area (Å²) in [7, 11) is 0. The second kappa shape index (κ2) is 8.91. The molecular weight excluding hydrogens is 398 g/mol. The molecule has 0 aromatic carbocycles. The second-order valence-electron chi connectivity index (χ2n) is 7.65. The highest BCUT2D eigenvalue weighted by molar-refractivity contribution is 6.46. The van der Waals surface area contributed by atoms with Crippen LogP contribution in [0.15, 0.2) is 36.3 Å². The van der Waals surface area contributed by atoms with Gasteiger partial charge in [0.1, 0.15) is 11.6 Å².